The number of hydrogen-bond donors (Lipinski definition) is 1. The van der Waals surface area contributed by atoms with Gasteiger partial charge in [0, 0.05) is 16.9 Å². The minimum atomic E-state index is -0.686. The third-order valence-electron chi connectivity index (χ3n) is 2.68. The van der Waals surface area contributed by atoms with Crippen molar-refractivity contribution in [1.29, 1.82) is 0 Å². The topological polar surface area (TPSA) is 68.3 Å². The van der Waals surface area contributed by atoms with E-state index in [1.54, 1.807) is 19.1 Å². The van der Waals surface area contributed by atoms with Crippen LogP contribution in [0.25, 0.3) is 0 Å². The summed E-state index contributed by atoms with van der Waals surface area (Å²) in [6.07, 6.45) is 1.35. The molecule has 1 amide bonds. The molecular weight excluding hydrogens is 311 g/mol. The van der Waals surface area contributed by atoms with Gasteiger partial charge in [-0.3, -0.25) is 9.78 Å². The molecule has 1 N–H and O–H groups in total. The Labute approximate surface area is 131 Å². The number of ether oxygens (including phenoxy) is 1. The van der Waals surface area contributed by atoms with Crippen molar-refractivity contribution in [2.24, 2.45) is 0 Å². The van der Waals surface area contributed by atoms with Crippen molar-refractivity contribution < 1.29 is 18.7 Å². The highest BCUT2D eigenvalue weighted by molar-refractivity contribution is 6.30. The first kappa shape index (κ1) is 15.9. The maximum Gasteiger partial charge on any atom is 0.340 e. The van der Waals surface area contributed by atoms with E-state index >= 15 is 0 Å². The molecule has 0 spiro atoms. The summed E-state index contributed by atoms with van der Waals surface area (Å²) in [6, 6.07) is 6.94. The molecule has 0 unspecified atom stereocenters. The van der Waals surface area contributed by atoms with Gasteiger partial charge in [0.2, 0.25) is 0 Å². The summed E-state index contributed by atoms with van der Waals surface area (Å²) in [5.41, 5.74) is 0.906. The lowest BCUT2D eigenvalue weighted by Crippen LogP contribution is -2.21. The van der Waals surface area contributed by atoms with Gasteiger partial charge in [0.1, 0.15) is 5.82 Å². The van der Waals surface area contributed by atoms with E-state index in [-0.39, 0.29) is 16.3 Å². The van der Waals surface area contributed by atoms with E-state index in [9.17, 15) is 14.0 Å². The van der Waals surface area contributed by atoms with E-state index < -0.39 is 24.3 Å². The number of carbonyl (C=O) groups excluding carboxylic acids is 2. The van der Waals surface area contributed by atoms with Crippen LogP contribution in [0, 0.1) is 12.7 Å². The highest BCUT2D eigenvalue weighted by atomic mass is 35.5. The lowest BCUT2D eigenvalue weighted by molar-refractivity contribution is -0.119. The van der Waals surface area contributed by atoms with Crippen LogP contribution in [0.4, 0.5) is 10.1 Å². The zero-order chi connectivity index (χ0) is 16.1. The molecule has 114 valence electrons. The normalized spacial score (nSPS) is 10.1. The standard InChI is InChI=1S/C15H12ClFN2O3/c1-9-2-3-10(7-18-9)15(21)22-8-14(20)19-13-6-11(16)4-5-12(13)17/h2-7H,8H2,1H3,(H,19,20). The van der Waals surface area contributed by atoms with Gasteiger partial charge in [0.15, 0.2) is 6.61 Å². The van der Waals surface area contributed by atoms with Crippen molar-refractivity contribution in [3.05, 3.63) is 58.6 Å². The van der Waals surface area contributed by atoms with Gasteiger partial charge in [-0.25, -0.2) is 9.18 Å². The molecule has 0 aliphatic heterocycles. The van der Waals surface area contributed by atoms with Crippen LogP contribution in [0.15, 0.2) is 36.5 Å². The third kappa shape index (κ3) is 4.26. The average Bonchev–Trinajstić information content (AvgIpc) is 2.49. The van der Waals surface area contributed by atoms with Gasteiger partial charge >= 0.3 is 5.97 Å². The largest absolute Gasteiger partial charge is 0.452 e. The van der Waals surface area contributed by atoms with Crippen LogP contribution in [0.1, 0.15) is 16.1 Å². The maximum atomic E-state index is 13.4. The zero-order valence-corrected chi connectivity index (χ0v) is 12.4. The number of rotatable bonds is 4. The van der Waals surface area contributed by atoms with Crippen LogP contribution in [0.2, 0.25) is 5.02 Å². The monoisotopic (exact) mass is 322 g/mol. The summed E-state index contributed by atoms with van der Waals surface area (Å²) < 4.78 is 18.3. The number of aromatic nitrogens is 1. The number of nitrogens with one attached hydrogen (secondary N) is 1. The molecule has 1 aromatic carbocycles. The molecule has 22 heavy (non-hydrogen) atoms. The van der Waals surface area contributed by atoms with E-state index in [0.717, 1.165) is 11.8 Å². The first-order valence-electron chi connectivity index (χ1n) is 6.30. The summed E-state index contributed by atoms with van der Waals surface area (Å²) in [5, 5.41) is 2.55. The molecule has 0 fully saturated rings. The van der Waals surface area contributed by atoms with Crippen LogP contribution in [0.5, 0.6) is 0 Å². The molecule has 0 aliphatic carbocycles. The lowest BCUT2D eigenvalue weighted by atomic mass is 10.2. The number of anilines is 1. The molecule has 0 atom stereocenters. The summed E-state index contributed by atoms with van der Waals surface area (Å²) in [7, 11) is 0. The molecule has 0 radical (unpaired) electrons. The second kappa shape index (κ2) is 7.00. The van der Waals surface area contributed by atoms with Crippen LogP contribution >= 0.6 is 11.6 Å². The van der Waals surface area contributed by atoms with Crippen molar-refractivity contribution >= 4 is 29.2 Å². The molecule has 2 aromatic rings. The van der Waals surface area contributed by atoms with Gasteiger partial charge in [-0.2, -0.15) is 0 Å². The maximum absolute atomic E-state index is 13.4. The minimum Gasteiger partial charge on any atom is -0.452 e. The van der Waals surface area contributed by atoms with E-state index in [4.69, 9.17) is 16.3 Å². The number of nitrogens with zero attached hydrogens (tertiary/aromatic N) is 1. The highest BCUT2D eigenvalue weighted by Gasteiger charge is 2.12. The van der Waals surface area contributed by atoms with E-state index in [1.807, 2.05) is 0 Å². The number of amides is 1. The van der Waals surface area contributed by atoms with Crippen molar-refractivity contribution in [2.45, 2.75) is 6.92 Å². The predicted molar refractivity (Wildman–Crippen MR) is 79.3 cm³/mol. The average molecular weight is 323 g/mol. The molecule has 5 nitrogen and oxygen atoms in total. The highest BCUT2D eigenvalue weighted by Crippen LogP contribution is 2.19. The van der Waals surface area contributed by atoms with Gasteiger partial charge in [0.05, 0.1) is 11.3 Å². The Morgan fingerprint density at radius 3 is 2.77 bits per heavy atom. The molecule has 0 aliphatic rings. The Hall–Kier alpha value is -2.47. The van der Waals surface area contributed by atoms with Crippen molar-refractivity contribution in [3.63, 3.8) is 0 Å². The molecule has 0 saturated heterocycles. The lowest BCUT2D eigenvalue weighted by Gasteiger charge is -2.08. The van der Waals surface area contributed by atoms with Crippen molar-refractivity contribution in [1.82, 2.24) is 4.98 Å². The Bertz CT molecular complexity index is 704. The number of aryl methyl sites for hydroxylation is 1. The Morgan fingerprint density at radius 1 is 1.32 bits per heavy atom. The van der Waals surface area contributed by atoms with Gasteiger partial charge < -0.3 is 10.1 Å². The Balaban J connectivity index is 1.91. The zero-order valence-electron chi connectivity index (χ0n) is 11.6. The van der Waals surface area contributed by atoms with Crippen molar-refractivity contribution in [3.8, 4) is 0 Å². The number of pyridine rings is 1. The van der Waals surface area contributed by atoms with Crippen LogP contribution < -0.4 is 5.32 Å². The number of esters is 1. The van der Waals surface area contributed by atoms with Crippen LogP contribution in [-0.2, 0) is 9.53 Å². The Morgan fingerprint density at radius 2 is 2.09 bits per heavy atom. The number of halogens is 2. The smallest absolute Gasteiger partial charge is 0.340 e. The fourth-order valence-corrected chi connectivity index (χ4v) is 1.75. The summed E-state index contributed by atoms with van der Waals surface area (Å²) in [5.74, 6) is -1.99. The molecule has 2 rings (SSSR count). The van der Waals surface area contributed by atoms with E-state index in [1.165, 1.54) is 18.3 Å². The van der Waals surface area contributed by atoms with Gasteiger partial charge in [-0.05, 0) is 37.3 Å². The molecule has 0 bridgehead atoms. The molecule has 0 saturated carbocycles. The second-order valence-corrected chi connectivity index (χ2v) is 4.87. The molecular formula is C15H12ClFN2O3. The molecule has 1 aromatic heterocycles. The SMILES string of the molecule is Cc1ccc(C(=O)OCC(=O)Nc2cc(Cl)ccc2F)cn1. The summed E-state index contributed by atoms with van der Waals surface area (Å²) in [6.45, 7) is 1.24. The summed E-state index contributed by atoms with van der Waals surface area (Å²) in [4.78, 5) is 27.3. The molecule has 1 heterocycles. The van der Waals surface area contributed by atoms with Gasteiger partial charge in [0.25, 0.3) is 5.91 Å². The van der Waals surface area contributed by atoms with Crippen molar-refractivity contribution in [2.75, 3.05) is 11.9 Å². The third-order valence-corrected chi connectivity index (χ3v) is 2.92. The first-order valence-corrected chi connectivity index (χ1v) is 6.68. The Kier molecular flexibility index (Phi) is 5.06. The predicted octanol–water partition coefficient (Wildman–Crippen LogP) is 2.98. The minimum absolute atomic E-state index is 0.0782. The van der Waals surface area contributed by atoms with Gasteiger partial charge in [-0.1, -0.05) is 11.6 Å². The number of hydrogen-bond acceptors (Lipinski definition) is 4. The van der Waals surface area contributed by atoms with E-state index in [0.29, 0.717) is 0 Å². The second-order valence-electron chi connectivity index (χ2n) is 4.44. The molecule has 7 heteroatoms. The first-order chi connectivity index (χ1) is 10.5. The number of benzene rings is 1. The fourth-order valence-electron chi connectivity index (χ4n) is 1.58. The van der Waals surface area contributed by atoms with Crippen LogP contribution in [0.3, 0.4) is 0 Å². The number of carbonyl (C=O) groups is 2. The fraction of sp³-hybridized carbons (Fsp3) is 0.133. The van der Waals surface area contributed by atoms with E-state index in [2.05, 4.69) is 10.3 Å². The van der Waals surface area contributed by atoms with Gasteiger partial charge in [-0.15, -0.1) is 0 Å². The summed E-state index contributed by atoms with van der Waals surface area (Å²) >= 11 is 5.71. The van der Waals surface area contributed by atoms with Crippen LogP contribution in [-0.4, -0.2) is 23.5 Å². The quantitative estimate of drug-likeness (QED) is 0.879.